The molecule has 5 rings (SSSR count). The van der Waals surface area contributed by atoms with Crippen LogP contribution in [-0.4, -0.2) is 33.4 Å². The number of rotatable bonds is 4. The van der Waals surface area contributed by atoms with Gasteiger partial charge in [-0.1, -0.05) is 54.6 Å². The third-order valence-electron chi connectivity index (χ3n) is 6.25. The number of aryl methyl sites for hydroxylation is 1. The van der Waals surface area contributed by atoms with E-state index in [2.05, 4.69) is 35.3 Å². The van der Waals surface area contributed by atoms with Gasteiger partial charge >= 0.3 is 5.69 Å². The van der Waals surface area contributed by atoms with E-state index in [-0.39, 0.29) is 17.6 Å². The van der Waals surface area contributed by atoms with Crippen LogP contribution in [0.1, 0.15) is 30.9 Å². The molecule has 1 fully saturated rings. The van der Waals surface area contributed by atoms with E-state index in [1.165, 1.54) is 16.3 Å². The van der Waals surface area contributed by atoms with E-state index in [0.717, 1.165) is 30.3 Å². The fourth-order valence-electron chi connectivity index (χ4n) is 4.61. The number of imidazole rings is 1. The Hall–Kier alpha value is -3.34. The number of amides is 1. The van der Waals surface area contributed by atoms with Crippen molar-refractivity contribution in [2.45, 2.75) is 31.7 Å². The summed E-state index contributed by atoms with van der Waals surface area (Å²) in [5.41, 5.74) is 2.96. The molecule has 0 bridgehead atoms. The molecule has 0 saturated carbocycles. The second-order valence-electron chi connectivity index (χ2n) is 8.11. The molecule has 3 aromatic carbocycles. The molecule has 1 aliphatic rings. The Labute approximate surface area is 174 Å². The number of carbonyl (C=O) groups is 1. The molecule has 0 unspecified atom stereocenters. The second-order valence-corrected chi connectivity index (χ2v) is 8.11. The second kappa shape index (κ2) is 7.82. The van der Waals surface area contributed by atoms with Crippen molar-refractivity contribution in [3.63, 3.8) is 0 Å². The highest BCUT2D eigenvalue weighted by Gasteiger charge is 2.25. The molecule has 0 radical (unpaired) electrons. The average Bonchev–Trinajstić information content (AvgIpc) is 3.13. The number of hydrogen-bond acceptors (Lipinski definition) is 2. The van der Waals surface area contributed by atoms with E-state index in [1.54, 1.807) is 0 Å². The maximum Gasteiger partial charge on any atom is 0.326 e. The third kappa shape index (κ3) is 3.52. The van der Waals surface area contributed by atoms with Crippen molar-refractivity contribution in [1.29, 1.82) is 0 Å². The standard InChI is InChI=1S/C25H25N3O2/c29-24(12-10-18-9-11-19-5-1-2-6-20(19)17-18)27-15-13-21(14-16-27)28-23-8-4-3-7-22(23)26-25(28)30/h1-9,11,17,21H,10,12-16H2,(H,26,30). The van der Waals surface area contributed by atoms with E-state index in [4.69, 9.17) is 0 Å². The lowest BCUT2D eigenvalue weighted by Crippen LogP contribution is -2.40. The van der Waals surface area contributed by atoms with Crippen LogP contribution >= 0.6 is 0 Å². The zero-order chi connectivity index (χ0) is 20.5. The van der Waals surface area contributed by atoms with Crippen LogP contribution in [0.2, 0.25) is 0 Å². The SMILES string of the molecule is O=C(CCc1ccc2ccccc2c1)N1CCC(n2c(=O)[nH]c3ccccc32)CC1. The number of carbonyl (C=O) groups excluding carboxylic acids is 1. The Kier molecular flexibility index (Phi) is 4.87. The average molecular weight is 399 g/mol. The van der Waals surface area contributed by atoms with Gasteiger partial charge in [0.1, 0.15) is 0 Å². The lowest BCUT2D eigenvalue weighted by Gasteiger charge is -2.32. The van der Waals surface area contributed by atoms with Gasteiger partial charge in [-0.3, -0.25) is 9.36 Å². The minimum atomic E-state index is -0.0581. The number of likely N-dealkylation sites (tertiary alicyclic amines) is 1. The first-order valence-corrected chi connectivity index (χ1v) is 10.6. The predicted molar refractivity (Wildman–Crippen MR) is 120 cm³/mol. The smallest absolute Gasteiger partial charge is 0.326 e. The van der Waals surface area contributed by atoms with E-state index in [1.807, 2.05) is 45.9 Å². The van der Waals surface area contributed by atoms with Crippen LogP contribution < -0.4 is 5.69 Å². The Balaban J connectivity index is 1.21. The summed E-state index contributed by atoms with van der Waals surface area (Å²) in [6.45, 7) is 1.40. The largest absolute Gasteiger partial charge is 0.343 e. The lowest BCUT2D eigenvalue weighted by atomic mass is 10.0. The first-order chi connectivity index (χ1) is 14.7. The van der Waals surface area contributed by atoms with Gasteiger partial charge in [-0.2, -0.15) is 0 Å². The summed E-state index contributed by atoms with van der Waals surface area (Å²) in [6, 6.07) is 22.6. The van der Waals surface area contributed by atoms with Gasteiger partial charge in [0.25, 0.3) is 0 Å². The summed E-state index contributed by atoms with van der Waals surface area (Å²) in [6.07, 6.45) is 2.90. The van der Waals surface area contributed by atoms with Crippen LogP contribution in [0.3, 0.4) is 0 Å². The van der Waals surface area contributed by atoms with Gasteiger partial charge in [0.15, 0.2) is 0 Å². The van der Waals surface area contributed by atoms with Crippen LogP contribution in [0.4, 0.5) is 0 Å². The molecule has 2 heterocycles. The Morgan fingerprint density at radius 2 is 1.67 bits per heavy atom. The molecule has 1 aromatic heterocycles. The van der Waals surface area contributed by atoms with Gasteiger partial charge in [0, 0.05) is 25.6 Å². The summed E-state index contributed by atoms with van der Waals surface area (Å²) in [7, 11) is 0. The molecule has 1 aliphatic heterocycles. The number of hydrogen-bond donors (Lipinski definition) is 1. The molecule has 1 N–H and O–H groups in total. The number of aromatic amines is 1. The van der Waals surface area contributed by atoms with E-state index in [0.29, 0.717) is 19.5 Å². The number of H-pyrrole nitrogens is 1. The molecule has 152 valence electrons. The van der Waals surface area contributed by atoms with Gasteiger partial charge in [0.2, 0.25) is 5.91 Å². The molecular weight excluding hydrogens is 374 g/mol. The fourth-order valence-corrected chi connectivity index (χ4v) is 4.61. The van der Waals surface area contributed by atoms with Crippen molar-refractivity contribution in [1.82, 2.24) is 14.5 Å². The van der Waals surface area contributed by atoms with Crippen LogP contribution in [0.25, 0.3) is 21.8 Å². The minimum absolute atomic E-state index is 0.0581. The Morgan fingerprint density at radius 1 is 0.933 bits per heavy atom. The minimum Gasteiger partial charge on any atom is -0.343 e. The zero-order valence-corrected chi connectivity index (χ0v) is 16.9. The Bertz CT molecular complexity index is 1260. The van der Waals surface area contributed by atoms with Crippen molar-refractivity contribution in [2.75, 3.05) is 13.1 Å². The monoisotopic (exact) mass is 399 g/mol. The molecule has 5 nitrogen and oxygen atoms in total. The van der Waals surface area contributed by atoms with Gasteiger partial charge < -0.3 is 9.88 Å². The number of para-hydroxylation sites is 2. The first kappa shape index (κ1) is 18.7. The summed E-state index contributed by atoms with van der Waals surface area (Å²) in [4.78, 5) is 30.1. The maximum atomic E-state index is 12.8. The predicted octanol–water partition coefficient (Wildman–Crippen LogP) is 4.28. The molecule has 5 heteroatoms. The third-order valence-corrected chi connectivity index (χ3v) is 6.25. The molecule has 4 aromatic rings. The molecule has 1 amide bonds. The van der Waals surface area contributed by atoms with Crippen LogP contribution in [0, 0.1) is 0 Å². The van der Waals surface area contributed by atoms with E-state index < -0.39 is 0 Å². The molecular formula is C25H25N3O2. The molecule has 0 spiro atoms. The van der Waals surface area contributed by atoms with Crippen molar-refractivity contribution in [3.05, 3.63) is 82.8 Å². The summed E-state index contributed by atoms with van der Waals surface area (Å²) < 4.78 is 1.87. The van der Waals surface area contributed by atoms with Crippen LogP contribution in [0.15, 0.2) is 71.5 Å². The van der Waals surface area contributed by atoms with Crippen LogP contribution in [0.5, 0.6) is 0 Å². The van der Waals surface area contributed by atoms with Crippen molar-refractivity contribution < 1.29 is 4.79 Å². The Morgan fingerprint density at radius 3 is 2.50 bits per heavy atom. The number of nitrogens with zero attached hydrogens (tertiary/aromatic N) is 2. The topological polar surface area (TPSA) is 58.1 Å². The number of aromatic nitrogens is 2. The van der Waals surface area contributed by atoms with E-state index >= 15 is 0 Å². The van der Waals surface area contributed by atoms with Crippen molar-refractivity contribution in [3.8, 4) is 0 Å². The highest BCUT2D eigenvalue weighted by Crippen LogP contribution is 2.25. The van der Waals surface area contributed by atoms with Gasteiger partial charge in [-0.25, -0.2) is 4.79 Å². The number of benzene rings is 3. The lowest BCUT2D eigenvalue weighted by molar-refractivity contribution is -0.132. The maximum absolute atomic E-state index is 12.8. The van der Waals surface area contributed by atoms with Crippen molar-refractivity contribution in [2.24, 2.45) is 0 Å². The van der Waals surface area contributed by atoms with Gasteiger partial charge in [0.05, 0.1) is 11.0 Å². The molecule has 0 atom stereocenters. The highest BCUT2D eigenvalue weighted by atomic mass is 16.2. The number of piperidine rings is 1. The summed E-state index contributed by atoms with van der Waals surface area (Å²) >= 11 is 0. The number of fused-ring (bicyclic) bond motifs is 2. The molecule has 30 heavy (non-hydrogen) atoms. The summed E-state index contributed by atoms with van der Waals surface area (Å²) in [5, 5.41) is 2.44. The zero-order valence-electron chi connectivity index (χ0n) is 16.9. The van der Waals surface area contributed by atoms with Gasteiger partial charge in [-0.05, 0) is 47.7 Å². The van der Waals surface area contributed by atoms with Gasteiger partial charge in [-0.15, -0.1) is 0 Å². The summed E-state index contributed by atoms with van der Waals surface area (Å²) in [5.74, 6) is 0.202. The van der Waals surface area contributed by atoms with Crippen LogP contribution in [-0.2, 0) is 11.2 Å². The van der Waals surface area contributed by atoms with Crippen molar-refractivity contribution >= 4 is 27.7 Å². The molecule has 0 aliphatic carbocycles. The quantitative estimate of drug-likeness (QED) is 0.557. The normalized spacial score (nSPS) is 15.1. The van der Waals surface area contributed by atoms with E-state index in [9.17, 15) is 9.59 Å². The highest BCUT2D eigenvalue weighted by molar-refractivity contribution is 5.83. The number of nitrogens with one attached hydrogen (secondary N) is 1. The first-order valence-electron chi connectivity index (χ1n) is 10.6. The molecule has 1 saturated heterocycles. The fraction of sp³-hybridized carbons (Fsp3) is 0.280.